The Kier molecular flexibility index (Phi) is 5.79. The second-order valence-corrected chi connectivity index (χ2v) is 9.04. The molecule has 1 fully saturated rings. The van der Waals surface area contributed by atoms with E-state index in [0.29, 0.717) is 59.6 Å². The molecule has 5 nitrogen and oxygen atoms in total. The molecule has 3 heterocycles. The van der Waals surface area contributed by atoms with E-state index in [4.69, 9.17) is 4.99 Å². The van der Waals surface area contributed by atoms with Crippen LogP contribution in [0.4, 0.5) is 33.9 Å². The molecule has 1 saturated heterocycles. The number of nitrogens with one attached hydrogen (secondary N) is 2. The van der Waals surface area contributed by atoms with Gasteiger partial charge < -0.3 is 15.5 Å². The van der Waals surface area contributed by atoms with E-state index in [9.17, 15) is 17.6 Å². The first-order valence-corrected chi connectivity index (χ1v) is 11.4. The smallest absolute Gasteiger partial charge is 0.352 e. The highest BCUT2D eigenvalue weighted by molar-refractivity contribution is 7.16. The van der Waals surface area contributed by atoms with E-state index in [-0.39, 0.29) is 17.6 Å². The molecule has 2 aliphatic heterocycles. The van der Waals surface area contributed by atoms with Crippen molar-refractivity contribution in [2.75, 3.05) is 25.0 Å². The summed E-state index contributed by atoms with van der Waals surface area (Å²) in [6, 6.07) is 13.9. The lowest BCUT2D eigenvalue weighted by atomic mass is 10.0. The minimum Gasteiger partial charge on any atom is -0.352 e. The summed E-state index contributed by atoms with van der Waals surface area (Å²) in [6.45, 7) is 1.82. The van der Waals surface area contributed by atoms with Gasteiger partial charge in [0.25, 0.3) is 0 Å². The maximum atomic E-state index is 13.5. The van der Waals surface area contributed by atoms with E-state index in [2.05, 4.69) is 15.6 Å². The van der Waals surface area contributed by atoms with Crippen molar-refractivity contribution >= 4 is 33.5 Å². The van der Waals surface area contributed by atoms with Crippen LogP contribution in [0.1, 0.15) is 22.7 Å². The van der Waals surface area contributed by atoms with Gasteiger partial charge in [-0.1, -0.05) is 35.6 Å². The van der Waals surface area contributed by atoms with Gasteiger partial charge in [-0.2, -0.15) is 13.2 Å². The van der Waals surface area contributed by atoms with E-state index in [1.807, 2.05) is 29.2 Å². The number of benzene rings is 2. The normalized spacial score (nSPS) is 18.1. The minimum atomic E-state index is -4.53. The van der Waals surface area contributed by atoms with Crippen LogP contribution in [0.3, 0.4) is 0 Å². The van der Waals surface area contributed by atoms with Gasteiger partial charge in [-0.05, 0) is 42.7 Å². The number of aryl methyl sites for hydroxylation is 1. The average molecular weight is 476 g/mol. The van der Waals surface area contributed by atoms with Crippen LogP contribution in [0, 0.1) is 5.82 Å². The first-order valence-electron chi connectivity index (χ1n) is 10.6. The van der Waals surface area contributed by atoms with Gasteiger partial charge in [-0.25, -0.2) is 14.4 Å². The first-order chi connectivity index (χ1) is 15.9. The summed E-state index contributed by atoms with van der Waals surface area (Å²) in [5.41, 5.74) is 2.43. The van der Waals surface area contributed by atoms with Crippen molar-refractivity contribution < 1.29 is 17.6 Å². The molecule has 0 amide bonds. The van der Waals surface area contributed by atoms with Crippen LogP contribution < -0.4 is 10.6 Å². The molecule has 5 rings (SSSR count). The lowest BCUT2D eigenvalue weighted by Crippen LogP contribution is -2.53. The van der Waals surface area contributed by atoms with Gasteiger partial charge in [-0.3, -0.25) is 0 Å². The van der Waals surface area contributed by atoms with Crippen molar-refractivity contribution in [2.24, 2.45) is 4.99 Å². The lowest BCUT2D eigenvalue weighted by Gasteiger charge is -2.35. The van der Waals surface area contributed by atoms with E-state index in [1.54, 1.807) is 12.1 Å². The largest absolute Gasteiger partial charge is 0.443 e. The van der Waals surface area contributed by atoms with Crippen molar-refractivity contribution in [3.8, 4) is 0 Å². The molecule has 33 heavy (non-hydrogen) atoms. The number of para-hydroxylation sites is 2. The fourth-order valence-electron chi connectivity index (χ4n) is 4.11. The molecule has 3 aromatic rings. The van der Waals surface area contributed by atoms with Gasteiger partial charge in [0.1, 0.15) is 16.5 Å². The molecule has 0 radical (unpaired) electrons. The monoisotopic (exact) mass is 475 g/mol. The molecule has 0 aliphatic carbocycles. The number of hydrogen-bond acceptors (Lipinski definition) is 6. The molecule has 0 saturated carbocycles. The Morgan fingerprint density at radius 1 is 1.12 bits per heavy atom. The zero-order valence-electron chi connectivity index (χ0n) is 17.5. The van der Waals surface area contributed by atoms with Crippen LogP contribution >= 0.6 is 11.3 Å². The second-order valence-electron chi connectivity index (χ2n) is 8.04. The molecule has 1 aromatic heterocycles. The van der Waals surface area contributed by atoms with E-state index < -0.39 is 11.2 Å². The van der Waals surface area contributed by atoms with Crippen molar-refractivity contribution in [1.82, 2.24) is 15.2 Å². The summed E-state index contributed by atoms with van der Waals surface area (Å²) < 4.78 is 53.8. The van der Waals surface area contributed by atoms with Crippen LogP contribution in [0.2, 0.25) is 0 Å². The third-order valence-corrected chi connectivity index (χ3v) is 6.70. The van der Waals surface area contributed by atoms with E-state index in [0.717, 1.165) is 12.0 Å². The number of aromatic nitrogens is 1. The number of hydrogen-bond donors (Lipinski definition) is 2. The predicted molar refractivity (Wildman–Crippen MR) is 121 cm³/mol. The van der Waals surface area contributed by atoms with Crippen molar-refractivity contribution in [3.05, 3.63) is 70.6 Å². The number of amidine groups is 1. The first kappa shape index (κ1) is 21.8. The third kappa shape index (κ3) is 4.72. The molecule has 172 valence electrons. The summed E-state index contributed by atoms with van der Waals surface area (Å²) in [5.74, 6) is 0.174. The number of alkyl halides is 3. The predicted octanol–water partition coefficient (Wildman–Crippen LogP) is 5.34. The minimum absolute atomic E-state index is 0.0837. The Morgan fingerprint density at radius 2 is 1.97 bits per heavy atom. The maximum absolute atomic E-state index is 13.5. The Hall–Kier alpha value is -2.98. The van der Waals surface area contributed by atoms with Crippen molar-refractivity contribution in [2.45, 2.75) is 25.1 Å². The fraction of sp³-hybridized carbons (Fsp3) is 0.304. The number of halogens is 4. The highest BCUT2D eigenvalue weighted by Gasteiger charge is 2.38. The van der Waals surface area contributed by atoms with E-state index >= 15 is 0 Å². The Labute approximate surface area is 192 Å². The van der Waals surface area contributed by atoms with Crippen LogP contribution in [0.5, 0.6) is 0 Å². The number of nitrogens with zero attached hydrogens (tertiary/aromatic N) is 3. The van der Waals surface area contributed by atoms with Crippen molar-refractivity contribution in [1.29, 1.82) is 0 Å². The summed E-state index contributed by atoms with van der Waals surface area (Å²) in [7, 11) is 0. The molecule has 1 atom stereocenters. The molecular formula is C23H21F4N5S. The molecule has 10 heteroatoms. The third-order valence-electron chi connectivity index (χ3n) is 5.69. The topological polar surface area (TPSA) is 52.5 Å². The lowest BCUT2D eigenvalue weighted by molar-refractivity contribution is -0.137. The van der Waals surface area contributed by atoms with Crippen LogP contribution in [0.25, 0.3) is 0 Å². The van der Waals surface area contributed by atoms with Gasteiger partial charge in [0.2, 0.25) is 5.01 Å². The number of aliphatic imine (C=N–C) groups is 1. The quantitative estimate of drug-likeness (QED) is 0.502. The maximum Gasteiger partial charge on any atom is 0.443 e. The molecule has 2 N–H and O–H groups in total. The van der Waals surface area contributed by atoms with Gasteiger partial charge in [0.05, 0.1) is 11.4 Å². The van der Waals surface area contributed by atoms with Crippen LogP contribution in [0.15, 0.2) is 53.5 Å². The van der Waals surface area contributed by atoms with Crippen LogP contribution in [-0.4, -0.2) is 41.4 Å². The van der Waals surface area contributed by atoms with Gasteiger partial charge in [-0.15, -0.1) is 0 Å². The fourth-order valence-corrected chi connectivity index (χ4v) is 4.95. The zero-order valence-corrected chi connectivity index (χ0v) is 18.3. The summed E-state index contributed by atoms with van der Waals surface area (Å²) in [4.78, 5) is 10.7. The van der Waals surface area contributed by atoms with Crippen LogP contribution in [-0.2, 0) is 12.6 Å². The second kappa shape index (κ2) is 8.75. The number of rotatable bonds is 3. The van der Waals surface area contributed by atoms with Gasteiger partial charge >= 0.3 is 6.18 Å². The SMILES string of the molecule is Fc1cccc(CCC2CN(C3=Nc4ccccc4Nc4sc(C(F)(F)F)nc43)CCN2)c1. The van der Waals surface area contributed by atoms with Gasteiger partial charge in [0.15, 0.2) is 5.84 Å². The molecule has 2 aliphatic rings. The summed E-state index contributed by atoms with van der Waals surface area (Å²) in [6.07, 6.45) is -3.07. The Bertz CT molecular complexity index is 1190. The van der Waals surface area contributed by atoms with E-state index in [1.165, 1.54) is 12.1 Å². The molecular weight excluding hydrogens is 454 g/mol. The number of fused-ring (bicyclic) bond motifs is 2. The molecule has 0 spiro atoms. The average Bonchev–Trinajstić information content (AvgIpc) is 3.15. The number of thiazole rings is 1. The highest BCUT2D eigenvalue weighted by atomic mass is 32.1. The highest BCUT2D eigenvalue weighted by Crippen LogP contribution is 2.42. The van der Waals surface area contributed by atoms with Crippen molar-refractivity contribution in [3.63, 3.8) is 0 Å². The Morgan fingerprint density at radius 3 is 2.79 bits per heavy atom. The number of anilines is 2. The Balaban J connectivity index is 1.43. The summed E-state index contributed by atoms with van der Waals surface area (Å²) >= 11 is 0.591. The summed E-state index contributed by atoms with van der Waals surface area (Å²) in [5, 5.41) is 5.98. The number of piperazine rings is 1. The standard InChI is InChI=1S/C23H21F4N5S/c24-15-5-3-4-14(12-15)8-9-16-13-32(11-10-28-16)20-19-21(33-22(31-19)23(25,26)27)30-18-7-2-1-6-17(18)29-20/h1-7,12,16,28,30H,8-11,13H2. The molecule has 0 bridgehead atoms. The van der Waals surface area contributed by atoms with Gasteiger partial charge in [0, 0.05) is 25.7 Å². The molecule has 2 aromatic carbocycles. The molecule has 1 unspecified atom stereocenters. The zero-order chi connectivity index (χ0) is 23.0.